The monoisotopic (exact) mass is 662 g/mol. The molecule has 1 amide bonds. The van der Waals surface area contributed by atoms with Crippen LogP contribution in [0.15, 0.2) is 36.4 Å². The van der Waals surface area contributed by atoms with Crippen molar-refractivity contribution in [1.29, 1.82) is 0 Å². The van der Waals surface area contributed by atoms with Gasteiger partial charge in [-0.25, -0.2) is 0 Å². The summed E-state index contributed by atoms with van der Waals surface area (Å²) in [5.74, 6) is -3.76. The highest BCUT2D eigenvalue weighted by Gasteiger charge is 2.58. The Kier molecular flexibility index (Phi) is 9.54. The van der Waals surface area contributed by atoms with Crippen LogP contribution in [0.2, 0.25) is 9.36 Å². The van der Waals surface area contributed by atoms with Crippen LogP contribution in [0.25, 0.3) is 0 Å². The number of aromatic nitrogens is 2. The average molecular weight is 664 g/mol. The quantitative estimate of drug-likeness (QED) is 0.378. The summed E-state index contributed by atoms with van der Waals surface area (Å²) in [5, 5.41) is 15.2. The minimum Gasteiger partial charge on any atom is -0.490 e. The van der Waals surface area contributed by atoms with Crippen LogP contribution in [0, 0.1) is 0 Å². The SMILES string of the molecule is COc1c(C2CC(O)N(C(=O)CN3CCOCC3)C2C(F)(F)F)nn(C(=O)c2ccccc2Cl)c1OCc1ccc(Cl)s1. The molecule has 1 aromatic carbocycles. The van der Waals surface area contributed by atoms with E-state index < -0.39 is 42.6 Å². The van der Waals surface area contributed by atoms with Crippen molar-refractivity contribution in [2.75, 3.05) is 40.0 Å². The number of carbonyl (C=O) groups is 2. The molecule has 0 radical (unpaired) electrons. The van der Waals surface area contributed by atoms with E-state index >= 15 is 0 Å². The summed E-state index contributed by atoms with van der Waals surface area (Å²) in [6.45, 7) is 0.997. The molecule has 2 aromatic heterocycles. The highest BCUT2D eigenvalue weighted by molar-refractivity contribution is 7.16. The maximum absolute atomic E-state index is 14.7. The fraction of sp³-hybridized carbons (Fsp3) is 0.444. The van der Waals surface area contributed by atoms with Gasteiger partial charge in [0, 0.05) is 30.3 Å². The molecule has 5 rings (SSSR count). The van der Waals surface area contributed by atoms with E-state index in [1.54, 1.807) is 29.2 Å². The van der Waals surface area contributed by atoms with Crippen molar-refractivity contribution >= 4 is 46.4 Å². The van der Waals surface area contributed by atoms with Crippen LogP contribution in [-0.4, -0.2) is 94.9 Å². The Labute approximate surface area is 258 Å². The van der Waals surface area contributed by atoms with E-state index in [1.807, 2.05) is 0 Å². The number of carbonyl (C=O) groups excluding carboxylic acids is 2. The largest absolute Gasteiger partial charge is 0.490 e. The van der Waals surface area contributed by atoms with Crippen molar-refractivity contribution in [3.8, 4) is 11.6 Å². The van der Waals surface area contributed by atoms with Crippen molar-refractivity contribution < 1.29 is 42.1 Å². The summed E-state index contributed by atoms with van der Waals surface area (Å²) >= 11 is 13.5. The number of thiophene rings is 1. The standard InChI is InChI=1S/C27H27Cl2F3N4O6S/c1-40-23-22(17-12-20(37)35(24(17)27(30,31)32)21(38)13-34-8-10-41-11-9-34)33-36(25(39)16-4-2-3-5-18(16)28)26(23)42-14-15-6-7-19(29)43-15/h2-7,17,20,24,37H,8-14H2,1H3. The van der Waals surface area contributed by atoms with Crippen LogP contribution in [0.3, 0.4) is 0 Å². The number of rotatable bonds is 8. The van der Waals surface area contributed by atoms with E-state index in [0.29, 0.717) is 40.4 Å². The lowest BCUT2D eigenvalue weighted by Crippen LogP contribution is -2.53. The van der Waals surface area contributed by atoms with Crippen molar-refractivity contribution in [3.63, 3.8) is 0 Å². The summed E-state index contributed by atoms with van der Waals surface area (Å²) in [6, 6.07) is 6.99. The van der Waals surface area contributed by atoms with Crippen LogP contribution in [-0.2, 0) is 16.1 Å². The van der Waals surface area contributed by atoms with Gasteiger partial charge >= 0.3 is 6.18 Å². The Morgan fingerprint density at radius 1 is 1.16 bits per heavy atom. The molecule has 43 heavy (non-hydrogen) atoms. The second-order valence-corrected chi connectivity index (χ2v) is 12.1. The Hall–Kier alpha value is -2.88. The second-order valence-electron chi connectivity index (χ2n) is 9.91. The first-order valence-corrected chi connectivity index (χ1v) is 14.8. The summed E-state index contributed by atoms with van der Waals surface area (Å²) in [6.07, 6.45) is -7.23. The van der Waals surface area contributed by atoms with Gasteiger partial charge < -0.3 is 24.2 Å². The third-order valence-corrected chi connectivity index (χ3v) is 8.75. The minimum atomic E-state index is -4.96. The van der Waals surface area contributed by atoms with Crippen molar-refractivity contribution in [2.24, 2.45) is 0 Å². The number of alkyl halides is 3. The van der Waals surface area contributed by atoms with Crippen molar-refractivity contribution in [2.45, 2.75) is 37.4 Å². The van der Waals surface area contributed by atoms with Gasteiger partial charge in [-0.15, -0.1) is 11.3 Å². The lowest BCUT2D eigenvalue weighted by Gasteiger charge is -2.33. The number of ether oxygens (including phenoxy) is 3. The first-order chi connectivity index (χ1) is 20.5. The molecule has 0 aliphatic carbocycles. The number of halogens is 5. The molecule has 0 bridgehead atoms. The van der Waals surface area contributed by atoms with Crippen LogP contribution in [0.5, 0.6) is 11.6 Å². The summed E-state index contributed by atoms with van der Waals surface area (Å²) in [5.41, 5.74) is -0.281. The van der Waals surface area contributed by atoms with Gasteiger partial charge in [-0.05, 0) is 24.3 Å². The van der Waals surface area contributed by atoms with E-state index in [4.69, 9.17) is 37.4 Å². The molecule has 2 aliphatic heterocycles. The number of amides is 1. The first kappa shape index (κ1) is 31.5. The van der Waals surface area contributed by atoms with Crippen LogP contribution < -0.4 is 9.47 Å². The third kappa shape index (κ3) is 6.64. The number of morpholine rings is 1. The maximum Gasteiger partial charge on any atom is 0.409 e. The Bertz CT molecular complexity index is 1480. The molecule has 2 aliphatic rings. The van der Waals surface area contributed by atoms with Gasteiger partial charge in [-0.1, -0.05) is 35.3 Å². The molecule has 2 fully saturated rings. The molecule has 0 saturated carbocycles. The second kappa shape index (κ2) is 13.0. The Morgan fingerprint density at radius 2 is 1.88 bits per heavy atom. The smallest absolute Gasteiger partial charge is 0.409 e. The van der Waals surface area contributed by atoms with Crippen molar-refractivity contribution in [1.82, 2.24) is 19.6 Å². The highest BCUT2D eigenvalue weighted by Crippen LogP contribution is 2.49. The van der Waals surface area contributed by atoms with Gasteiger partial charge in [-0.2, -0.15) is 23.0 Å². The number of likely N-dealkylation sites (tertiary alicyclic amines) is 1. The minimum absolute atomic E-state index is 0.0195. The average Bonchev–Trinajstić information content (AvgIpc) is 3.66. The van der Waals surface area contributed by atoms with E-state index in [-0.39, 0.29) is 41.1 Å². The van der Waals surface area contributed by atoms with Gasteiger partial charge in [0.05, 0.1) is 41.8 Å². The molecule has 3 aromatic rings. The number of benzene rings is 1. The molecular weight excluding hydrogens is 636 g/mol. The van der Waals surface area contributed by atoms with Crippen LogP contribution >= 0.6 is 34.5 Å². The summed E-state index contributed by atoms with van der Waals surface area (Å²) in [7, 11) is 1.20. The lowest BCUT2D eigenvalue weighted by molar-refractivity contribution is -0.197. The van der Waals surface area contributed by atoms with Crippen LogP contribution in [0.1, 0.15) is 33.3 Å². The molecule has 2 saturated heterocycles. The summed E-state index contributed by atoms with van der Waals surface area (Å²) < 4.78 is 62.1. The lowest BCUT2D eigenvalue weighted by atomic mass is 9.95. The molecule has 3 unspecified atom stereocenters. The van der Waals surface area contributed by atoms with Gasteiger partial charge in [0.2, 0.25) is 11.7 Å². The van der Waals surface area contributed by atoms with Gasteiger partial charge in [0.1, 0.15) is 24.6 Å². The van der Waals surface area contributed by atoms with Gasteiger partial charge in [0.15, 0.2) is 0 Å². The molecular formula is C27H27Cl2F3N4O6S. The van der Waals surface area contributed by atoms with E-state index in [1.165, 1.54) is 30.6 Å². The number of methoxy groups -OCH3 is 1. The van der Waals surface area contributed by atoms with Gasteiger partial charge in [0.25, 0.3) is 11.8 Å². The van der Waals surface area contributed by atoms with Crippen LogP contribution in [0.4, 0.5) is 13.2 Å². The predicted molar refractivity (Wildman–Crippen MR) is 151 cm³/mol. The van der Waals surface area contributed by atoms with Gasteiger partial charge in [-0.3, -0.25) is 14.5 Å². The van der Waals surface area contributed by atoms with E-state index in [9.17, 15) is 27.9 Å². The molecule has 4 heterocycles. The zero-order valence-corrected chi connectivity index (χ0v) is 25.0. The number of aliphatic hydroxyl groups is 1. The first-order valence-electron chi connectivity index (χ1n) is 13.2. The van der Waals surface area contributed by atoms with Crippen molar-refractivity contribution in [3.05, 3.63) is 61.9 Å². The van der Waals surface area contributed by atoms with E-state index in [2.05, 4.69) is 5.10 Å². The summed E-state index contributed by atoms with van der Waals surface area (Å²) in [4.78, 5) is 29.6. The Balaban J connectivity index is 1.55. The zero-order valence-electron chi connectivity index (χ0n) is 22.7. The van der Waals surface area contributed by atoms with E-state index in [0.717, 1.165) is 4.68 Å². The topological polar surface area (TPSA) is 106 Å². The normalized spacial score (nSPS) is 21.3. The molecule has 3 atom stereocenters. The molecule has 0 spiro atoms. The molecule has 16 heteroatoms. The predicted octanol–water partition coefficient (Wildman–Crippen LogP) is 4.42. The zero-order chi connectivity index (χ0) is 30.9. The number of hydrogen-bond acceptors (Lipinski definition) is 9. The molecule has 10 nitrogen and oxygen atoms in total. The Morgan fingerprint density at radius 3 is 2.51 bits per heavy atom. The molecule has 1 N–H and O–H groups in total. The number of hydrogen-bond donors (Lipinski definition) is 1. The maximum atomic E-state index is 14.7. The fourth-order valence-corrected chi connectivity index (χ4v) is 6.49. The molecule has 232 valence electrons. The number of nitrogens with zero attached hydrogens (tertiary/aromatic N) is 4. The number of aliphatic hydroxyl groups excluding tert-OH is 1. The highest BCUT2D eigenvalue weighted by atomic mass is 35.5. The fourth-order valence-electron chi connectivity index (χ4n) is 5.27. The third-order valence-electron chi connectivity index (χ3n) is 7.21.